The molecule has 0 spiro atoms. The number of aromatic nitrogens is 7. The van der Waals surface area contributed by atoms with E-state index >= 15 is 0 Å². The van der Waals surface area contributed by atoms with Crippen LogP contribution in [0.3, 0.4) is 0 Å². The van der Waals surface area contributed by atoms with Crippen molar-refractivity contribution < 1.29 is 8.92 Å². The van der Waals surface area contributed by atoms with E-state index in [0.29, 0.717) is 23.1 Å². The van der Waals surface area contributed by atoms with Gasteiger partial charge in [0.25, 0.3) is 5.89 Å². The summed E-state index contributed by atoms with van der Waals surface area (Å²) >= 11 is 0. The Balaban J connectivity index is 1.83. The van der Waals surface area contributed by atoms with Crippen molar-refractivity contribution in [3.63, 3.8) is 0 Å². The van der Waals surface area contributed by atoms with Crippen molar-refractivity contribution in [2.75, 3.05) is 5.73 Å². The van der Waals surface area contributed by atoms with E-state index in [4.69, 9.17) is 10.3 Å². The summed E-state index contributed by atoms with van der Waals surface area (Å²) in [6.45, 7) is 5.66. The average Bonchev–Trinajstić information content (AvgIpc) is 3.31. The summed E-state index contributed by atoms with van der Waals surface area (Å²) in [5, 5.41) is 6.96. The first-order valence-electron chi connectivity index (χ1n) is 10.0. The summed E-state index contributed by atoms with van der Waals surface area (Å²) in [6.07, 6.45) is 0. The van der Waals surface area contributed by atoms with Crippen LogP contribution in [0, 0.1) is 20.8 Å². The molecular weight excluding hydrogens is 408 g/mol. The SMILES string of the molecule is Cc1cc(-c2c(-c3ccccc3)nc(N)[n+]3c(=O)n(Cc4nc(C)no4)[nH]c23)cc(C)n1. The minimum Gasteiger partial charge on any atom is -0.336 e. The lowest BCUT2D eigenvalue weighted by molar-refractivity contribution is -0.516. The number of nitrogens with two attached hydrogens (primary N) is 1. The van der Waals surface area contributed by atoms with Gasteiger partial charge in [0.05, 0.1) is 5.56 Å². The molecule has 4 heterocycles. The predicted molar refractivity (Wildman–Crippen MR) is 117 cm³/mol. The van der Waals surface area contributed by atoms with Crippen molar-refractivity contribution >= 4 is 11.6 Å². The number of fused-ring (bicyclic) bond motifs is 1. The normalized spacial score (nSPS) is 11.3. The van der Waals surface area contributed by atoms with Crippen molar-refractivity contribution in [1.29, 1.82) is 0 Å². The standard InChI is InChI=1S/C22H20N8O2/c1-12-9-16(10-13(2)24-12)18-19(15-7-5-4-6-8-15)26-21(23)30-20(18)27-29(22(30)31)11-17-25-14(3)28-32-17/h4-10H,11H2,1-3H3,(H2,23,24,26,27)/p+1. The van der Waals surface area contributed by atoms with Crippen LogP contribution in [0.4, 0.5) is 5.95 Å². The van der Waals surface area contributed by atoms with Gasteiger partial charge in [-0.25, -0.2) is 9.89 Å². The van der Waals surface area contributed by atoms with E-state index in [2.05, 4.69) is 25.2 Å². The number of aromatic amines is 1. The quantitative estimate of drug-likeness (QED) is 0.417. The Bertz CT molecular complexity index is 1490. The Kier molecular flexibility index (Phi) is 4.54. The lowest BCUT2D eigenvalue weighted by Crippen LogP contribution is -2.44. The minimum atomic E-state index is -0.385. The molecule has 0 bridgehead atoms. The molecule has 0 aliphatic carbocycles. The van der Waals surface area contributed by atoms with Crippen LogP contribution in [0.1, 0.15) is 23.1 Å². The van der Waals surface area contributed by atoms with Crippen LogP contribution in [0.2, 0.25) is 0 Å². The van der Waals surface area contributed by atoms with Gasteiger partial charge in [-0.05, 0) is 38.5 Å². The van der Waals surface area contributed by atoms with Gasteiger partial charge in [-0.2, -0.15) is 9.67 Å². The Hall–Kier alpha value is -4.34. The molecule has 0 amide bonds. The molecule has 0 saturated heterocycles. The highest BCUT2D eigenvalue weighted by atomic mass is 16.5. The second-order valence-corrected chi connectivity index (χ2v) is 7.60. The van der Waals surface area contributed by atoms with Gasteiger partial charge in [0.1, 0.15) is 5.69 Å². The van der Waals surface area contributed by atoms with E-state index in [0.717, 1.165) is 28.1 Å². The van der Waals surface area contributed by atoms with Crippen molar-refractivity contribution in [3.05, 3.63) is 76.1 Å². The number of rotatable bonds is 4. The number of nitrogens with one attached hydrogen (secondary N) is 1. The predicted octanol–water partition coefficient (Wildman–Crippen LogP) is 1.98. The Morgan fingerprint density at radius 1 is 1.03 bits per heavy atom. The third-order valence-corrected chi connectivity index (χ3v) is 5.10. The lowest BCUT2D eigenvalue weighted by Gasteiger charge is -2.10. The number of benzene rings is 1. The van der Waals surface area contributed by atoms with E-state index in [-0.39, 0.29) is 18.2 Å². The summed E-state index contributed by atoms with van der Waals surface area (Å²) < 4.78 is 7.92. The summed E-state index contributed by atoms with van der Waals surface area (Å²) in [5.74, 6) is 0.878. The van der Waals surface area contributed by atoms with Crippen LogP contribution in [0.25, 0.3) is 28.0 Å². The molecule has 1 aromatic carbocycles. The zero-order valence-electron chi connectivity index (χ0n) is 17.8. The topological polar surface area (TPSA) is 133 Å². The van der Waals surface area contributed by atoms with Crippen LogP contribution >= 0.6 is 0 Å². The number of aryl methyl sites for hydroxylation is 3. The largest absolute Gasteiger partial charge is 0.428 e. The summed E-state index contributed by atoms with van der Waals surface area (Å²) in [7, 11) is 0. The van der Waals surface area contributed by atoms with Crippen LogP contribution in [-0.4, -0.2) is 29.9 Å². The first-order valence-corrected chi connectivity index (χ1v) is 10.0. The van der Waals surface area contributed by atoms with Gasteiger partial charge in [-0.1, -0.05) is 35.5 Å². The highest BCUT2D eigenvalue weighted by Gasteiger charge is 2.26. The zero-order valence-corrected chi connectivity index (χ0v) is 17.8. The van der Waals surface area contributed by atoms with Gasteiger partial charge in [-0.3, -0.25) is 4.98 Å². The molecule has 160 valence electrons. The van der Waals surface area contributed by atoms with E-state index in [1.807, 2.05) is 56.3 Å². The molecule has 0 aliphatic heterocycles. The van der Waals surface area contributed by atoms with Gasteiger partial charge < -0.3 is 10.3 Å². The highest BCUT2D eigenvalue weighted by Crippen LogP contribution is 2.33. The van der Waals surface area contributed by atoms with Gasteiger partial charge >= 0.3 is 11.6 Å². The number of H-pyrrole nitrogens is 1. The Morgan fingerprint density at radius 2 is 1.75 bits per heavy atom. The lowest BCUT2D eigenvalue weighted by atomic mass is 9.99. The average molecular weight is 429 g/mol. The van der Waals surface area contributed by atoms with Crippen LogP contribution < -0.4 is 15.8 Å². The number of hydrogen-bond acceptors (Lipinski definition) is 7. The fraction of sp³-hybridized carbons (Fsp3) is 0.182. The first-order chi connectivity index (χ1) is 15.4. The van der Waals surface area contributed by atoms with Crippen molar-refractivity contribution in [2.24, 2.45) is 0 Å². The Labute approximate surface area is 182 Å². The van der Waals surface area contributed by atoms with Crippen molar-refractivity contribution in [2.45, 2.75) is 27.3 Å². The number of hydrogen-bond donors (Lipinski definition) is 2. The maximum Gasteiger partial charge on any atom is 0.428 e. The first kappa shape index (κ1) is 19.6. The number of nitrogen functional groups attached to an aromatic ring is 1. The molecule has 0 radical (unpaired) electrons. The van der Waals surface area contributed by atoms with Gasteiger partial charge in [0.2, 0.25) is 5.65 Å². The molecule has 10 heteroatoms. The maximum atomic E-state index is 13.2. The minimum absolute atomic E-state index is 0.0758. The second kappa shape index (κ2) is 7.41. The van der Waals surface area contributed by atoms with E-state index < -0.39 is 0 Å². The molecule has 0 atom stereocenters. The van der Waals surface area contributed by atoms with E-state index in [1.54, 1.807) is 6.92 Å². The fourth-order valence-electron chi connectivity index (χ4n) is 3.86. The van der Waals surface area contributed by atoms with Gasteiger partial charge in [-0.15, -0.1) is 9.38 Å². The third kappa shape index (κ3) is 3.31. The molecular formula is C22H21N8O2+. The number of anilines is 1. The fourth-order valence-corrected chi connectivity index (χ4v) is 3.86. The molecule has 32 heavy (non-hydrogen) atoms. The molecule has 10 nitrogen and oxygen atoms in total. The monoisotopic (exact) mass is 429 g/mol. The van der Waals surface area contributed by atoms with E-state index in [9.17, 15) is 4.79 Å². The molecule has 0 unspecified atom stereocenters. The Morgan fingerprint density at radius 3 is 2.41 bits per heavy atom. The van der Waals surface area contributed by atoms with E-state index in [1.165, 1.54) is 9.08 Å². The highest BCUT2D eigenvalue weighted by molar-refractivity contribution is 5.88. The van der Waals surface area contributed by atoms with Crippen molar-refractivity contribution in [1.82, 2.24) is 29.9 Å². The van der Waals surface area contributed by atoms with Crippen molar-refractivity contribution in [3.8, 4) is 22.4 Å². The van der Waals surface area contributed by atoms with Crippen LogP contribution in [0.15, 0.2) is 51.8 Å². The molecule has 4 aromatic heterocycles. The molecule has 0 fully saturated rings. The second-order valence-electron chi connectivity index (χ2n) is 7.60. The molecule has 3 N–H and O–H groups in total. The zero-order chi connectivity index (χ0) is 22.4. The maximum absolute atomic E-state index is 13.2. The summed E-state index contributed by atoms with van der Waals surface area (Å²) in [5.41, 5.74) is 11.3. The molecule has 0 saturated carbocycles. The summed E-state index contributed by atoms with van der Waals surface area (Å²) in [4.78, 5) is 26.5. The molecule has 5 aromatic rings. The summed E-state index contributed by atoms with van der Waals surface area (Å²) in [6, 6.07) is 13.6. The van der Waals surface area contributed by atoms with Crippen LogP contribution in [0.5, 0.6) is 0 Å². The van der Waals surface area contributed by atoms with Gasteiger partial charge in [0.15, 0.2) is 12.4 Å². The van der Waals surface area contributed by atoms with Crippen LogP contribution in [-0.2, 0) is 6.54 Å². The third-order valence-electron chi connectivity index (χ3n) is 5.10. The number of nitrogens with zero attached hydrogens (tertiary/aromatic N) is 6. The van der Waals surface area contributed by atoms with Gasteiger partial charge in [0, 0.05) is 17.0 Å². The molecule has 0 aliphatic rings. The molecule has 5 rings (SSSR count). The number of pyridine rings is 1. The smallest absolute Gasteiger partial charge is 0.336 e.